The van der Waals surface area contributed by atoms with Crippen LogP contribution in [0, 0.1) is 0 Å². The highest BCUT2D eigenvalue weighted by molar-refractivity contribution is 9.11. The average molecular weight is 361 g/mol. The van der Waals surface area contributed by atoms with Crippen LogP contribution in [0.25, 0.3) is 0 Å². The molecule has 0 radical (unpaired) electrons. The zero-order valence-electron chi connectivity index (χ0n) is 12.8. The Hall–Kier alpha value is -1.42. The van der Waals surface area contributed by atoms with Gasteiger partial charge < -0.3 is 9.47 Å². The summed E-state index contributed by atoms with van der Waals surface area (Å²) in [5.41, 5.74) is 3.52. The normalized spacial score (nSPS) is 12.1. The van der Waals surface area contributed by atoms with Crippen molar-refractivity contribution in [3.05, 3.63) is 81.8 Å². The molecular weight excluding hydrogens is 340 g/mol. The molecule has 2 aromatic rings. The fraction of sp³-hybridized carbons (Fsp3) is 0.263. The summed E-state index contributed by atoms with van der Waals surface area (Å²) in [7, 11) is 0. The number of hydrogen-bond acceptors (Lipinski definition) is 2. The van der Waals surface area contributed by atoms with Crippen LogP contribution in [0.4, 0.5) is 0 Å². The van der Waals surface area contributed by atoms with Crippen molar-refractivity contribution in [2.75, 3.05) is 13.2 Å². The molecule has 2 aromatic carbocycles. The summed E-state index contributed by atoms with van der Waals surface area (Å²) in [5.74, 6) is 0. The Labute approximate surface area is 140 Å². The van der Waals surface area contributed by atoms with Gasteiger partial charge in [-0.15, -0.1) is 0 Å². The van der Waals surface area contributed by atoms with E-state index in [1.807, 2.05) is 36.4 Å². The van der Waals surface area contributed by atoms with Crippen LogP contribution < -0.4 is 0 Å². The minimum Gasteiger partial charge on any atom is -0.372 e. The Morgan fingerprint density at radius 2 is 1.23 bits per heavy atom. The maximum absolute atomic E-state index is 5.72. The van der Waals surface area contributed by atoms with Crippen LogP contribution in [0.5, 0.6) is 0 Å². The number of rotatable bonds is 8. The fourth-order valence-electron chi connectivity index (χ4n) is 1.93. The SMILES string of the molecule is C/C(COCc1ccccc1)=C(/Br)COCc1ccccc1. The van der Waals surface area contributed by atoms with Gasteiger partial charge in [-0.1, -0.05) is 76.6 Å². The number of ether oxygens (including phenoxy) is 2. The van der Waals surface area contributed by atoms with Gasteiger partial charge >= 0.3 is 0 Å². The smallest absolute Gasteiger partial charge is 0.0786 e. The molecule has 0 heterocycles. The van der Waals surface area contributed by atoms with Crippen molar-refractivity contribution in [1.82, 2.24) is 0 Å². The predicted molar refractivity (Wildman–Crippen MR) is 93.8 cm³/mol. The van der Waals surface area contributed by atoms with Crippen LogP contribution in [0.15, 0.2) is 70.7 Å². The summed E-state index contributed by atoms with van der Waals surface area (Å²) in [6.45, 7) is 4.47. The topological polar surface area (TPSA) is 18.5 Å². The van der Waals surface area contributed by atoms with E-state index in [9.17, 15) is 0 Å². The van der Waals surface area contributed by atoms with Crippen LogP contribution >= 0.6 is 15.9 Å². The molecule has 116 valence electrons. The van der Waals surface area contributed by atoms with E-state index in [1.54, 1.807) is 0 Å². The Bertz CT molecular complexity index is 525. The molecule has 0 aliphatic carbocycles. The Morgan fingerprint density at radius 3 is 1.73 bits per heavy atom. The molecule has 0 saturated heterocycles. The second kappa shape index (κ2) is 9.57. The van der Waals surface area contributed by atoms with Crippen molar-refractivity contribution in [2.45, 2.75) is 20.1 Å². The second-order valence-corrected chi connectivity index (χ2v) is 6.10. The number of hydrogen-bond donors (Lipinski definition) is 0. The maximum atomic E-state index is 5.72. The van der Waals surface area contributed by atoms with Gasteiger partial charge in [0.2, 0.25) is 0 Å². The van der Waals surface area contributed by atoms with E-state index >= 15 is 0 Å². The quantitative estimate of drug-likeness (QED) is 0.652. The molecule has 0 amide bonds. The molecule has 0 saturated carbocycles. The van der Waals surface area contributed by atoms with E-state index in [1.165, 1.54) is 11.1 Å². The predicted octanol–water partition coefficient (Wildman–Crippen LogP) is 5.09. The van der Waals surface area contributed by atoms with E-state index in [2.05, 4.69) is 47.1 Å². The van der Waals surface area contributed by atoms with Crippen LogP contribution in [0.2, 0.25) is 0 Å². The minimum absolute atomic E-state index is 0.565. The average Bonchev–Trinajstić information content (AvgIpc) is 2.56. The van der Waals surface area contributed by atoms with Gasteiger partial charge in [0.05, 0.1) is 26.4 Å². The highest BCUT2D eigenvalue weighted by atomic mass is 79.9. The third-order valence-electron chi connectivity index (χ3n) is 3.23. The van der Waals surface area contributed by atoms with Gasteiger partial charge in [-0.3, -0.25) is 0 Å². The molecule has 0 N–H and O–H groups in total. The van der Waals surface area contributed by atoms with Gasteiger partial charge in [0.25, 0.3) is 0 Å². The molecular formula is C19H21BrO2. The molecule has 0 bridgehead atoms. The van der Waals surface area contributed by atoms with E-state index < -0.39 is 0 Å². The molecule has 2 rings (SSSR count). The summed E-state index contributed by atoms with van der Waals surface area (Å²) < 4.78 is 12.5. The Balaban J connectivity index is 1.70. The van der Waals surface area contributed by atoms with Crippen molar-refractivity contribution < 1.29 is 9.47 Å². The van der Waals surface area contributed by atoms with Crippen LogP contribution in [-0.2, 0) is 22.7 Å². The largest absolute Gasteiger partial charge is 0.372 e. The van der Waals surface area contributed by atoms with Gasteiger partial charge in [-0.05, 0) is 23.6 Å². The van der Waals surface area contributed by atoms with E-state index in [0.29, 0.717) is 26.4 Å². The molecule has 3 heteroatoms. The molecule has 0 aromatic heterocycles. The first kappa shape index (κ1) is 16.9. The van der Waals surface area contributed by atoms with Crippen molar-refractivity contribution in [1.29, 1.82) is 0 Å². The van der Waals surface area contributed by atoms with Gasteiger partial charge in [0, 0.05) is 4.48 Å². The molecule has 0 fully saturated rings. The lowest BCUT2D eigenvalue weighted by Crippen LogP contribution is -2.02. The lowest BCUT2D eigenvalue weighted by Gasteiger charge is -2.09. The van der Waals surface area contributed by atoms with Crippen LogP contribution in [0.3, 0.4) is 0 Å². The molecule has 0 aliphatic rings. The van der Waals surface area contributed by atoms with Gasteiger partial charge in [-0.2, -0.15) is 0 Å². The first-order chi connectivity index (χ1) is 10.8. The summed E-state index contributed by atoms with van der Waals surface area (Å²) in [6.07, 6.45) is 0. The maximum Gasteiger partial charge on any atom is 0.0786 e. The van der Waals surface area contributed by atoms with Crippen molar-refractivity contribution >= 4 is 15.9 Å². The summed E-state index contributed by atoms with van der Waals surface area (Å²) in [6, 6.07) is 20.4. The highest BCUT2D eigenvalue weighted by Gasteiger charge is 2.01. The summed E-state index contributed by atoms with van der Waals surface area (Å²) in [4.78, 5) is 0. The number of halogens is 1. The molecule has 0 atom stereocenters. The zero-order chi connectivity index (χ0) is 15.6. The fourth-order valence-corrected chi connectivity index (χ4v) is 2.21. The third-order valence-corrected chi connectivity index (χ3v) is 4.14. The monoisotopic (exact) mass is 360 g/mol. The van der Waals surface area contributed by atoms with Crippen molar-refractivity contribution in [3.8, 4) is 0 Å². The van der Waals surface area contributed by atoms with Crippen molar-refractivity contribution in [3.63, 3.8) is 0 Å². The summed E-state index contributed by atoms with van der Waals surface area (Å²) >= 11 is 3.58. The van der Waals surface area contributed by atoms with E-state index in [4.69, 9.17) is 9.47 Å². The lowest BCUT2D eigenvalue weighted by molar-refractivity contribution is 0.134. The third kappa shape index (κ3) is 6.14. The second-order valence-electron chi connectivity index (χ2n) is 5.14. The van der Waals surface area contributed by atoms with Gasteiger partial charge in [-0.25, -0.2) is 0 Å². The molecule has 22 heavy (non-hydrogen) atoms. The van der Waals surface area contributed by atoms with E-state index in [0.717, 1.165) is 10.1 Å². The first-order valence-electron chi connectivity index (χ1n) is 7.33. The molecule has 0 spiro atoms. The van der Waals surface area contributed by atoms with Gasteiger partial charge in [0.1, 0.15) is 0 Å². The van der Waals surface area contributed by atoms with Gasteiger partial charge in [0.15, 0.2) is 0 Å². The first-order valence-corrected chi connectivity index (χ1v) is 8.12. The zero-order valence-corrected chi connectivity index (χ0v) is 14.4. The lowest BCUT2D eigenvalue weighted by atomic mass is 10.2. The Kier molecular flexibility index (Phi) is 7.37. The number of benzene rings is 2. The molecule has 0 aliphatic heterocycles. The van der Waals surface area contributed by atoms with Crippen LogP contribution in [-0.4, -0.2) is 13.2 Å². The Morgan fingerprint density at radius 1 is 0.773 bits per heavy atom. The molecule has 2 nitrogen and oxygen atoms in total. The minimum atomic E-state index is 0.565. The van der Waals surface area contributed by atoms with Crippen LogP contribution in [0.1, 0.15) is 18.1 Å². The highest BCUT2D eigenvalue weighted by Crippen LogP contribution is 2.14. The molecule has 0 unspecified atom stereocenters. The summed E-state index contributed by atoms with van der Waals surface area (Å²) in [5, 5.41) is 0. The van der Waals surface area contributed by atoms with E-state index in [-0.39, 0.29) is 0 Å². The standard InChI is InChI=1S/C19H21BrO2/c1-16(12-21-13-17-8-4-2-5-9-17)19(20)15-22-14-18-10-6-3-7-11-18/h2-11H,12-15H2,1H3/b19-16-. The van der Waals surface area contributed by atoms with Crippen molar-refractivity contribution in [2.24, 2.45) is 0 Å².